The zero-order valence-corrected chi connectivity index (χ0v) is 12.9. The van der Waals surface area contributed by atoms with Gasteiger partial charge in [0.2, 0.25) is 0 Å². The zero-order chi connectivity index (χ0) is 15.3. The number of carboxylic acids is 1. The molecule has 2 N–H and O–H groups in total. The summed E-state index contributed by atoms with van der Waals surface area (Å²) in [5.41, 5.74) is 0.408. The van der Waals surface area contributed by atoms with Crippen LogP contribution in [0, 0.1) is 12.8 Å². The Morgan fingerprint density at radius 1 is 1.52 bits per heavy atom. The summed E-state index contributed by atoms with van der Waals surface area (Å²) in [6.45, 7) is 5.24. The maximum absolute atomic E-state index is 11.7. The first kappa shape index (κ1) is 15.8. The highest BCUT2D eigenvalue weighted by Gasteiger charge is 2.48. The van der Waals surface area contributed by atoms with Gasteiger partial charge in [0.25, 0.3) is 0 Å². The van der Waals surface area contributed by atoms with Gasteiger partial charge in [-0.15, -0.1) is 0 Å². The first-order valence-electron chi connectivity index (χ1n) is 7.76. The molecule has 0 aliphatic heterocycles. The smallest absolute Gasteiger partial charge is 0.324 e. The van der Waals surface area contributed by atoms with E-state index in [2.05, 4.69) is 5.32 Å². The lowest BCUT2D eigenvalue weighted by molar-refractivity contribution is -0.146. The molecule has 1 aliphatic carbocycles. The molecule has 0 spiro atoms. The monoisotopic (exact) mass is 291 g/mol. The van der Waals surface area contributed by atoms with Gasteiger partial charge in [-0.05, 0) is 56.3 Å². The van der Waals surface area contributed by atoms with E-state index in [1.165, 1.54) is 5.56 Å². The van der Waals surface area contributed by atoms with Gasteiger partial charge in [-0.2, -0.15) is 0 Å². The number of aliphatic carboxylic acids is 1. The number of carboxylic acid groups (broad SMARTS) is 1. The molecule has 0 heterocycles. The lowest BCUT2D eigenvalue weighted by Gasteiger charge is -2.32. The second-order valence-corrected chi connectivity index (χ2v) is 5.85. The maximum atomic E-state index is 11.7. The Balaban J connectivity index is 1.93. The summed E-state index contributed by atoms with van der Waals surface area (Å²) in [4.78, 5) is 11.7. The fraction of sp³-hybridized carbons (Fsp3) is 0.588. The largest absolute Gasteiger partial charge is 0.494 e. The second-order valence-electron chi connectivity index (χ2n) is 5.85. The van der Waals surface area contributed by atoms with Crippen molar-refractivity contribution >= 4 is 5.97 Å². The molecule has 116 valence electrons. The number of nitrogens with one attached hydrogen (secondary N) is 1. The summed E-state index contributed by atoms with van der Waals surface area (Å²) in [6, 6.07) is 7.95. The number of rotatable bonds is 7. The van der Waals surface area contributed by atoms with Crippen molar-refractivity contribution in [3.8, 4) is 5.75 Å². The molecule has 0 aromatic heterocycles. The van der Waals surface area contributed by atoms with Crippen LogP contribution in [-0.4, -0.2) is 29.8 Å². The van der Waals surface area contributed by atoms with Crippen LogP contribution in [0.3, 0.4) is 0 Å². The minimum atomic E-state index is -0.759. The van der Waals surface area contributed by atoms with E-state index in [0.29, 0.717) is 19.6 Å². The van der Waals surface area contributed by atoms with Crippen LogP contribution >= 0.6 is 0 Å². The SMILES string of the molecule is CCNC1(C(=O)O)CCCC1CCOc1cccc(C)c1. The van der Waals surface area contributed by atoms with Gasteiger partial charge in [0.15, 0.2) is 0 Å². The second kappa shape index (κ2) is 6.94. The van der Waals surface area contributed by atoms with Crippen molar-refractivity contribution in [2.24, 2.45) is 5.92 Å². The number of hydrogen-bond acceptors (Lipinski definition) is 3. The van der Waals surface area contributed by atoms with Gasteiger partial charge in [-0.1, -0.05) is 25.5 Å². The first-order chi connectivity index (χ1) is 10.1. The Hall–Kier alpha value is -1.55. The average molecular weight is 291 g/mol. The van der Waals surface area contributed by atoms with Crippen LogP contribution in [0.5, 0.6) is 5.75 Å². The van der Waals surface area contributed by atoms with E-state index in [1.807, 2.05) is 38.1 Å². The predicted molar refractivity (Wildman–Crippen MR) is 82.7 cm³/mol. The minimum absolute atomic E-state index is 0.139. The minimum Gasteiger partial charge on any atom is -0.494 e. The molecule has 21 heavy (non-hydrogen) atoms. The van der Waals surface area contributed by atoms with E-state index in [0.717, 1.165) is 25.0 Å². The molecule has 1 saturated carbocycles. The molecular formula is C17H25NO3. The van der Waals surface area contributed by atoms with Crippen molar-refractivity contribution in [1.29, 1.82) is 0 Å². The summed E-state index contributed by atoms with van der Waals surface area (Å²) < 4.78 is 5.78. The molecular weight excluding hydrogens is 266 g/mol. The Labute approximate surface area is 126 Å². The third kappa shape index (κ3) is 3.56. The molecule has 1 aromatic carbocycles. The van der Waals surface area contributed by atoms with Gasteiger partial charge in [0.05, 0.1) is 6.61 Å². The topological polar surface area (TPSA) is 58.6 Å². The number of benzene rings is 1. The molecule has 0 radical (unpaired) electrons. The highest BCUT2D eigenvalue weighted by Crippen LogP contribution is 2.38. The Morgan fingerprint density at radius 2 is 2.33 bits per heavy atom. The number of likely N-dealkylation sites (N-methyl/N-ethyl adjacent to an activating group) is 1. The summed E-state index contributed by atoms with van der Waals surface area (Å²) in [5, 5.41) is 12.8. The molecule has 2 rings (SSSR count). The van der Waals surface area contributed by atoms with Crippen LogP contribution in [-0.2, 0) is 4.79 Å². The number of aryl methyl sites for hydroxylation is 1. The van der Waals surface area contributed by atoms with Crippen LogP contribution in [0.4, 0.5) is 0 Å². The van der Waals surface area contributed by atoms with Crippen LogP contribution in [0.2, 0.25) is 0 Å². The van der Waals surface area contributed by atoms with Gasteiger partial charge >= 0.3 is 5.97 Å². The quantitative estimate of drug-likeness (QED) is 0.811. The van der Waals surface area contributed by atoms with E-state index in [-0.39, 0.29) is 5.92 Å². The van der Waals surface area contributed by atoms with Crippen molar-refractivity contribution < 1.29 is 14.6 Å². The van der Waals surface area contributed by atoms with Crippen LogP contribution < -0.4 is 10.1 Å². The van der Waals surface area contributed by atoms with Crippen molar-refractivity contribution in [2.75, 3.05) is 13.2 Å². The van der Waals surface area contributed by atoms with E-state index in [4.69, 9.17) is 4.74 Å². The predicted octanol–water partition coefficient (Wildman–Crippen LogP) is 3.00. The molecule has 0 saturated heterocycles. The Bertz CT molecular complexity index is 489. The molecule has 1 aromatic rings. The number of hydrogen-bond donors (Lipinski definition) is 2. The Morgan fingerprint density at radius 3 is 3.00 bits per heavy atom. The highest BCUT2D eigenvalue weighted by atomic mass is 16.5. The molecule has 1 aliphatic rings. The molecule has 1 fully saturated rings. The van der Waals surface area contributed by atoms with E-state index >= 15 is 0 Å². The first-order valence-corrected chi connectivity index (χ1v) is 7.76. The van der Waals surface area contributed by atoms with E-state index < -0.39 is 11.5 Å². The van der Waals surface area contributed by atoms with Gasteiger partial charge in [-0.3, -0.25) is 4.79 Å². The van der Waals surface area contributed by atoms with Gasteiger partial charge in [-0.25, -0.2) is 0 Å². The van der Waals surface area contributed by atoms with E-state index in [9.17, 15) is 9.90 Å². The molecule has 2 unspecified atom stereocenters. The van der Waals surface area contributed by atoms with Crippen molar-refractivity contribution in [2.45, 2.75) is 45.1 Å². The molecule has 4 heteroatoms. The highest BCUT2D eigenvalue weighted by molar-refractivity contribution is 5.79. The standard InChI is InChI=1S/C17H25NO3/c1-3-18-17(16(19)20)10-5-7-14(17)9-11-21-15-8-4-6-13(2)12-15/h4,6,8,12,14,18H,3,5,7,9-11H2,1-2H3,(H,19,20). The normalized spacial score (nSPS) is 25.0. The molecule has 4 nitrogen and oxygen atoms in total. The van der Waals surface area contributed by atoms with E-state index in [1.54, 1.807) is 0 Å². The molecule has 2 atom stereocenters. The maximum Gasteiger partial charge on any atom is 0.324 e. The summed E-state index contributed by atoms with van der Waals surface area (Å²) >= 11 is 0. The molecule has 0 amide bonds. The van der Waals surface area contributed by atoms with Crippen molar-refractivity contribution in [3.05, 3.63) is 29.8 Å². The number of ether oxygens (including phenoxy) is 1. The van der Waals surface area contributed by atoms with Crippen LogP contribution in [0.25, 0.3) is 0 Å². The lowest BCUT2D eigenvalue weighted by atomic mass is 9.84. The number of carbonyl (C=O) groups is 1. The fourth-order valence-corrected chi connectivity index (χ4v) is 3.40. The van der Waals surface area contributed by atoms with Gasteiger partial charge in [0.1, 0.15) is 11.3 Å². The third-order valence-electron chi connectivity index (χ3n) is 4.42. The van der Waals surface area contributed by atoms with Crippen LogP contribution in [0.1, 0.15) is 38.2 Å². The summed E-state index contributed by atoms with van der Waals surface area (Å²) in [5.74, 6) is 0.277. The van der Waals surface area contributed by atoms with Crippen LogP contribution in [0.15, 0.2) is 24.3 Å². The third-order valence-corrected chi connectivity index (χ3v) is 4.42. The van der Waals surface area contributed by atoms with Gasteiger partial charge in [0, 0.05) is 0 Å². The fourth-order valence-electron chi connectivity index (χ4n) is 3.40. The molecule has 0 bridgehead atoms. The lowest BCUT2D eigenvalue weighted by Crippen LogP contribution is -2.55. The summed E-state index contributed by atoms with van der Waals surface area (Å²) in [7, 11) is 0. The summed E-state index contributed by atoms with van der Waals surface area (Å²) in [6.07, 6.45) is 3.41. The Kier molecular flexibility index (Phi) is 5.23. The van der Waals surface area contributed by atoms with Gasteiger partial charge < -0.3 is 15.2 Å². The van der Waals surface area contributed by atoms with Crippen molar-refractivity contribution in [3.63, 3.8) is 0 Å². The zero-order valence-electron chi connectivity index (χ0n) is 12.9. The average Bonchev–Trinajstić information content (AvgIpc) is 2.84. The van der Waals surface area contributed by atoms with Crippen molar-refractivity contribution in [1.82, 2.24) is 5.32 Å².